The molecule has 2 aromatic rings. The summed E-state index contributed by atoms with van der Waals surface area (Å²) in [5.41, 5.74) is 8.64. The SMILES string of the molecule is Cc1cc(C)cc([S+]([O-])c2ccccc2N)c1. The molecule has 0 aliphatic carbocycles. The van der Waals surface area contributed by atoms with Crippen LogP contribution in [0.25, 0.3) is 0 Å². The highest BCUT2D eigenvalue weighted by Crippen LogP contribution is 2.26. The van der Waals surface area contributed by atoms with Crippen molar-refractivity contribution in [2.45, 2.75) is 23.6 Å². The largest absolute Gasteiger partial charge is 0.606 e. The number of aryl methyl sites for hydroxylation is 2. The third-order valence-corrected chi connectivity index (χ3v) is 3.96. The molecular weight excluding hydrogens is 230 g/mol. The molecule has 0 aliphatic heterocycles. The van der Waals surface area contributed by atoms with Crippen molar-refractivity contribution in [2.75, 3.05) is 5.73 Å². The zero-order valence-corrected chi connectivity index (χ0v) is 10.8. The highest BCUT2D eigenvalue weighted by atomic mass is 32.2. The fraction of sp³-hybridized carbons (Fsp3) is 0.143. The van der Waals surface area contributed by atoms with E-state index in [4.69, 9.17) is 5.73 Å². The molecule has 0 aliphatic rings. The van der Waals surface area contributed by atoms with E-state index in [-0.39, 0.29) is 0 Å². The highest BCUT2D eigenvalue weighted by molar-refractivity contribution is 7.91. The van der Waals surface area contributed by atoms with Gasteiger partial charge in [-0.05, 0) is 49.2 Å². The molecule has 2 rings (SSSR count). The van der Waals surface area contributed by atoms with Crippen LogP contribution in [0.1, 0.15) is 11.1 Å². The monoisotopic (exact) mass is 245 g/mol. The van der Waals surface area contributed by atoms with E-state index in [0.29, 0.717) is 10.6 Å². The van der Waals surface area contributed by atoms with Gasteiger partial charge in [0.1, 0.15) is 0 Å². The van der Waals surface area contributed by atoms with Crippen molar-refractivity contribution in [1.29, 1.82) is 0 Å². The summed E-state index contributed by atoms with van der Waals surface area (Å²) in [6.07, 6.45) is 0. The summed E-state index contributed by atoms with van der Waals surface area (Å²) in [5, 5.41) is 0. The van der Waals surface area contributed by atoms with Crippen LogP contribution in [0.5, 0.6) is 0 Å². The van der Waals surface area contributed by atoms with Crippen LogP contribution in [-0.2, 0) is 11.2 Å². The van der Waals surface area contributed by atoms with Crippen molar-refractivity contribution in [3.8, 4) is 0 Å². The minimum absolute atomic E-state index is 0.574. The molecule has 0 amide bonds. The van der Waals surface area contributed by atoms with Crippen LogP contribution in [0.4, 0.5) is 5.69 Å². The Kier molecular flexibility index (Phi) is 3.41. The Labute approximate surface area is 105 Å². The Balaban J connectivity index is 2.43. The third kappa shape index (κ3) is 2.62. The van der Waals surface area contributed by atoms with Gasteiger partial charge in [0, 0.05) is 11.2 Å². The van der Waals surface area contributed by atoms with Crippen LogP contribution in [-0.4, -0.2) is 4.55 Å². The summed E-state index contributed by atoms with van der Waals surface area (Å²) < 4.78 is 12.4. The van der Waals surface area contributed by atoms with Gasteiger partial charge in [-0.25, -0.2) is 0 Å². The lowest BCUT2D eigenvalue weighted by Gasteiger charge is -2.12. The maximum absolute atomic E-state index is 12.4. The number of nitrogen functional groups attached to an aromatic ring is 1. The predicted molar refractivity (Wildman–Crippen MR) is 71.4 cm³/mol. The summed E-state index contributed by atoms with van der Waals surface area (Å²) in [7, 11) is 0. The van der Waals surface area contributed by atoms with Gasteiger partial charge < -0.3 is 10.3 Å². The molecule has 88 valence electrons. The topological polar surface area (TPSA) is 49.1 Å². The Morgan fingerprint density at radius 2 is 1.59 bits per heavy atom. The average molecular weight is 245 g/mol. The minimum atomic E-state index is -1.20. The highest BCUT2D eigenvalue weighted by Gasteiger charge is 2.17. The summed E-state index contributed by atoms with van der Waals surface area (Å²) in [5.74, 6) is 0. The molecule has 1 unspecified atom stereocenters. The number of rotatable bonds is 2. The Hall–Kier alpha value is -1.45. The van der Waals surface area contributed by atoms with Crippen molar-refractivity contribution < 1.29 is 4.55 Å². The summed E-state index contributed by atoms with van der Waals surface area (Å²) >= 11 is -1.20. The summed E-state index contributed by atoms with van der Waals surface area (Å²) in [6.45, 7) is 4.00. The first-order valence-electron chi connectivity index (χ1n) is 5.42. The number of hydrogen-bond acceptors (Lipinski definition) is 2. The van der Waals surface area contributed by atoms with Crippen molar-refractivity contribution >= 4 is 16.9 Å². The zero-order valence-electron chi connectivity index (χ0n) is 9.94. The van der Waals surface area contributed by atoms with Crippen molar-refractivity contribution in [3.63, 3.8) is 0 Å². The second-order valence-corrected chi connectivity index (χ2v) is 5.58. The van der Waals surface area contributed by atoms with E-state index < -0.39 is 11.2 Å². The van der Waals surface area contributed by atoms with Crippen molar-refractivity contribution in [1.82, 2.24) is 0 Å². The van der Waals surface area contributed by atoms with E-state index in [1.54, 1.807) is 6.07 Å². The van der Waals surface area contributed by atoms with Crippen LogP contribution in [0.2, 0.25) is 0 Å². The quantitative estimate of drug-likeness (QED) is 0.653. The van der Waals surface area contributed by atoms with Gasteiger partial charge in [0.2, 0.25) is 0 Å². The molecule has 0 radical (unpaired) electrons. The average Bonchev–Trinajstić information content (AvgIpc) is 2.27. The van der Waals surface area contributed by atoms with Gasteiger partial charge in [0.15, 0.2) is 9.79 Å². The molecule has 3 heteroatoms. The first-order valence-corrected chi connectivity index (χ1v) is 6.57. The Morgan fingerprint density at radius 3 is 2.18 bits per heavy atom. The Morgan fingerprint density at radius 1 is 1.00 bits per heavy atom. The second kappa shape index (κ2) is 4.82. The first-order chi connectivity index (χ1) is 8.08. The maximum atomic E-state index is 12.4. The fourth-order valence-corrected chi connectivity index (χ4v) is 3.14. The first kappa shape index (κ1) is 12.0. The third-order valence-electron chi connectivity index (χ3n) is 2.53. The molecule has 1 atom stereocenters. The van der Waals surface area contributed by atoms with E-state index >= 15 is 0 Å². The molecule has 2 nitrogen and oxygen atoms in total. The van der Waals surface area contributed by atoms with E-state index in [0.717, 1.165) is 16.0 Å². The number of para-hydroxylation sites is 1. The van der Waals surface area contributed by atoms with Gasteiger partial charge in [-0.1, -0.05) is 18.2 Å². The molecule has 0 heterocycles. The van der Waals surface area contributed by atoms with E-state index in [1.807, 2.05) is 44.2 Å². The van der Waals surface area contributed by atoms with Crippen LogP contribution in [0, 0.1) is 13.8 Å². The zero-order chi connectivity index (χ0) is 12.4. The molecule has 0 saturated heterocycles. The van der Waals surface area contributed by atoms with Gasteiger partial charge in [-0.15, -0.1) is 0 Å². The minimum Gasteiger partial charge on any atom is -0.606 e. The lowest BCUT2D eigenvalue weighted by Crippen LogP contribution is -2.06. The molecule has 2 N–H and O–H groups in total. The predicted octanol–water partition coefficient (Wildman–Crippen LogP) is 3.05. The fourth-order valence-electron chi connectivity index (χ4n) is 1.82. The van der Waals surface area contributed by atoms with E-state index in [9.17, 15) is 4.55 Å². The van der Waals surface area contributed by atoms with Crippen LogP contribution in [0.3, 0.4) is 0 Å². The van der Waals surface area contributed by atoms with E-state index in [1.165, 1.54) is 0 Å². The molecule has 0 bridgehead atoms. The van der Waals surface area contributed by atoms with Crippen LogP contribution < -0.4 is 5.73 Å². The summed E-state index contributed by atoms with van der Waals surface area (Å²) in [6, 6.07) is 13.2. The lowest BCUT2D eigenvalue weighted by atomic mass is 10.2. The van der Waals surface area contributed by atoms with Gasteiger partial charge >= 0.3 is 0 Å². The van der Waals surface area contributed by atoms with Crippen LogP contribution >= 0.6 is 0 Å². The lowest BCUT2D eigenvalue weighted by molar-refractivity contribution is 0.595. The van der Waals surface area contributed by atoms with Gasteiger partial charge in [-0.3, -0.25) is 0 Å². The van der Waals surface area contributed by atoms with Gasteiger partial charge in [-0.2, -0.15) is 0 Å². The van der Waals surface area contributed by atoms with Crippen molar-refractivity contribution in [2.24, 2.45) is 0 Å². The van der Waals surface area contributed by atoms with Crippen LogP contribution in [0.15, 0.2) is 52.3 Å². The molecule has 0 saturated carbocycles. The van der Waals surface area contributed by atoms with Gasteiger partial charge in [0.25, 0.3) is 0 Å². The molecule has 2 aromatic carbocycles. The Bertz CT molecular complexity index is 519. The number of hydrogen-bond donors (Lipinski definition) is 1. The molecule has 17 heavy (non-hydrogen) atoms. The standard InChI is InChI=1S/C14H15NOS/c1-10-7-11(2)9-12(8-10)17(16)14-6-4-3-5-13(14)15/h3-9H,15H2,1-2H3. The molecular formula is C14H15NOS. The number of anilines is 1. The molecule has 0 aromatic heterocycles. The van der Waals surface area contributed by atoms with Gasteiger partial charge in [0.05, 0.1) is 5.69 Å². The van der Waals surface area contributed by atoms with Crippen molar-refractivity contribution in [3.05, 3.63) is 53.6 Å². The smallest absolute Gasteiger partial charge is 0.181 e. The summed E-state index contributed by atoms with van der Waals surface area (Å²) in [4.78, 5) is 1.48. The van der Waals surface area contributed by atoms with E-state index in [2.05, 4.69) is 6.07 Å². The number of benzene rings is 2. The molecule has 0 spiro atoms. The normalized spacial score (nSPS) is 12.4. The molecule has 0 fully saturated rings. The second-order valence-electron chi connectivity index (χ2n) is 4.13. The maximum Gasteiger partial charge on any atom is 0.181 e. The number of nitrogens with two attached hydrogens (primary N) is 1.